The summed E-state index contributed by atoms with van der Waals surface area (Å²) in [5.41, 5.74) is 0. The lowest BCUT2D eigenvalue weighted by Gasteiger charge is -2.15. The summed E-state index contributed by atoms with van der Waals surface area (Å²) in [6.07, 6.45) is 3.13. The van der Waals surface area contributed by atoms with Crippen molar-refractivity contribution in [1.82, 2.24) is 5.32 Å². The van der Waals surface area contributed by atoms with E-state index in [1.54, 1.807) is 0 Å². The van der Waals surface area contributed by atoms with Crippen molar-refractivity contribution in [3.05, 3.63) is 0 Å². The summed E-state index contributed by atoms with van der Waals surface area (Å²) in [6.45, 7) is 7.10. The largest absolute Gasteiger partial charge is 0.392 e. The third-order valence-corrected chi connectivity index (χ3v) is 1.98. The van der Waals surface area contributed by atoms with Crippen LogP contribution in [-0.2, 0) is 0 Å². The van der Waals surface area contributed by atoms with Crippen molar-refractivity contribution in [2.75, 3.05) is 6.54 Å². The summed E-state index contributed by atoms with van der Waals surface area (Å²) in [7, 11) is 0. The molecule has 0 aromatic heterocycles. The van der Waals surface area contributed by atoms with Gasteiger partial charge in [-0.3, -0.25) is 0 Å². The van der Waals surface area contributed by atoms with Crippen molar-refractivity contribution < 1.29 is 5.11 Å². The van der Waals surface area contributed by atoms with Crippen LogP contribution in [0.3, 0.4) is 0 Å². The van der Waals surface area contributed by atoms with Gasteiger partial charge in [-0.25, -0.2) is 0 Å². The van der Waals surface area contributed by atoms with Crippen LogP contribution < -0.4 is 5.32 Å². The van der Waals surface area contributed by atoms with E-state index in [4.69, 9.17) is 0 Å². The highest BCUT2D eigenvalue weighted by atomic mass is 16.3. The highest BCUT2D eigenvalue weighted by Crippen LogP contribution is 2.10. The zero-order valence-electron chi connectivity index (χ0n) is 7.93. The molecule has 1 aliphatic heterocycles. The van der Waals surface area contributed by atoms with Crippen molar-refractivity contribution in [2.45, 2.75) is 52.2 Å². The summed E-state index contributed by atoms with van der Waals surface area (Å²) < 4.78 is 0. The van der Waals surface area contributed by atoms with Gasteiger partial charge < -0.3 is 10.4 Å². The Morgan fingerprint density at radius 1 is 1.55 bits per heavy atom. The highest BCUT2D eigenvalue weighted by Gasteiger charge is 2.20. The van der Waals surface area contributed by atoms with Crippen LogP contribution in [0.5, 0.6) is 0 Å². The van der Waals surface area contributed by atoms with E-state index < -0.39 is 0 Å². The van der Waals surface area contributed by atoms with Crippen LogP contribution in [0.4, 0.5) is 0 Å². The molecule has 2 unspecified atom stereocenters. The maximum absolute atomic E-state index is 9.30. The molecule has 0 aliphatic carbocycles. The molecule has 0 spiro atoms. The zero-order valence-corrected chi connectivity index (χ0v) is 7.93. The molecule has 0 radical (unpaired) electrons. The van der Waals surface area contributed by atoms with E-state index in [2.05, 4.69) is 5.32 Å². The molecular weight excluding hydrogens is 138 g/mol. The normalized spacial score (nSPS) is 25.6. The Balaban J connectivity index is 0.000000461. The molecule has 1 saturated heterocycles. The van der Waals surface area contributed by atoms with Crippen molar-refractivity contribution >= 4 is 0 Å². The first-order chi connectivity index (χ1) is 5.34. The van der Waals surface area contributed by atoms with Crippen molar-refractivity contribution in [3.8, 4) is 0 Å². The van der Waals surface area contributed by atoms with Crippen LogP contribution in [0.1, 0.15) is 40.0 Å². The summed E-state index contributed by atoms with van der Waals surface area (Å²) in [5.74, 6) is 0. The Hall–Kier alpha value is -0.0800. The van der Waals surface area contributed by atoms with Crippen LogP contribution >= 0.6 is 0 Å². The zero-order chi connectivity index (χ0) is 8.69. The minimum absolute atomic E-state index is 0.118. The van der Waals surface area contributed by atoms with Crippen LogP contribution in [0.15, 0.2) is 0 Å². The molecule has 0 bridgehead atoms. The molecule has 0 aromatic carbocycles. The van der Waals surface area contributed by atoms with Crippen LogP contribution in [0.2, 0.25) is 0 Å². The van der Waals surface area contributed by atoms with Crippen LogP contribution in [0, 0.1) is 0 Å². The molecule has 11 heavy (non-hydrogen) atoms. The first kappa shape index (κ1) is 10.9. The average Bonchev–Trinajstić information content (AvgIpc) is 2.59. The molecule has 0 amide bonds. The van der Waals surface area contributed by atoms with Gasteiger partial charge in [-0.15, -0.1) is 0 Å². The molecule has 1 fully saturated rings. The van der Waals surface area contributed by atoms with Gasteiger partial charge in [0.1, 0.15) is 0 Å². The van der Waals surface area contributed by atoms with Gasteiger partial charge >= 0.3 is 0 Å². The maximum Gasteiger partial charge on any atom is 0.0690 e. The third-order valence-electron chi connectivity index (χ3n) is 1.98. The molecule has 0 aromatic rings. The molecule has 68 valence electrons. The lowest BCUT2D eigenvalue weighted by atomic mass is 10.1. The molecule has 1 aliphatic rings. The minimum atomic E-state index is -0.118. The number of hydrogen-bond donors (Lipinski definition) is 2. The van der Waals surface area contributed by atoms with Gasteiger partial charge in [0.2, 0.25) is 0 Å². The van der Waals surface area contributed by atoms with E-state index in [1.165, 1.54) is 6.42 Å². The van der Waals surface area contributed by atoms with Crippen molar-refractivity contribution in [1.29, 1.82) is 0 Å². The highest BCUT2D eigenvalue weighted by molar-refractivity contribution is 4.79. The number of aliphatic hydroxyl groups excluding tert-OH is 1. The van der Waals surface area contributed by atoms with E-state index in [0.29, 0.717) is 6.04 Å². The minimum Gasteiger partial charge on any atom is -0.392 e. The molecule has 1 heterocycles. The number of hydrogen-bond acceptors (Lipinski definition) is 2. The lowest BCUT2D eigenvalue weighted by molar-refractivity contribution is 0.132. The standard InChI is InChI=1S/C7H15NO.C2H6/c1-2-7(9)6-4-3-5-8-6;1-2/h6-9H,2-5H2,1H3;1-2H3. The van der Waals surface area contributed by atoms with E-state index in [1.807, 2.05) is 20.8 Å². The Kier molecular flexibility index (Phi) is 6.57. The SMILES string of the molecule is CC.CCC(O)C1CCCN1. The third kappa shape index (κ3) is 3.73. The second-order valence-corrected chi connectivity index (χ2v) is 2.68. The summed E-state index contributed by atoms with van der Waals surface area (Å²) in [5, 5.41) is 12.6. The summed E-state index contributed by atoms with van der Waals surface area (Å²) in [6, 6.07) is 0.384. The smallest absolute Gasteiger partial charge is 0.0690 e. The second-order valence-electron chi connectivity index (χ2n) is 2.68. The average molecular weight is 159 g/mol. The lowest BCUT2D eigenvalue weighted by Crippen LogP contribution is -2.33. The summed E-state index contributed by atoms with van der Waals surface area (Å²) in [4.78, 5) is 0. The fourth-order valence-corrected chi connectivity index (χ4v) is 1.32. The van der Waals surface area contributed by atoms with E-state index in [0.717, 1.165) is 19.4 Å². The molecule has 2 N–H and O–H groups in total. The number of aliphatic hydroxyl groups is 1. The molecule has 2 atom stereocenters. The Labute approximate surface area is 70.0 Å². The maximum atomic E-state index is 9.30. The summed E-state index contributed by atoms with van der Waals surface area (Å²) >= 11 is 0. The molecular formula is C9H21NO. The van der Waals surface area contributed by atoms with Crippen LogP contribution in [-0.4, -0.2) is 23.8 Å². The van der Waals surface area contributed by atoms with Crippen LogP contribution in [0.25, 0.3) is 0 Å². The predicted molar refractivity (Wildman–Crippen MR) is 48.7 cm³/mol. The molecule has 2 nitrogen and oxygen atoms in total. The molecule has 2 heteroatoms. The number of nitrogens with one attached hydrogen (secondary N) is 1. The molecule has 1 rings (SSSR count). The van der Waals surface area contributed by atoms with Gasteiger partial charge in [-0.2, -0.15) is 0 Å². The van der Waals surface area contributed by atoms with Gasteiger partial charge in [0.05, 0.1) is 6.10 Å². The second kappa shape index (κ2) is 6.62. The van der Waals surface area contributed by atoms with Gasteiger partial charge in [-0.1, -0.05) is 20.8 Å². The van der Waals surface area contributed by atoms with Crippen molar-refractivity contribution in [3.63, 3.8) is 0 Å². The van der Waals surface area contributed by atoms with Gasteiger partial charge in [-0.05, 0) is 25.8 Å². The predicted octanol–water partition coefficient (Wildman–Crippen LogP) is 1.54. The fourth-order valence-electron chi connectivity index (χ4n) is 1.32. The Morgan fingerprint density at radius 3 is 2.55 bits per heavy atom. The first-order valence-electron chi connectivity index (χ1n) is 4.76. The van der Waals surface area contributed by atoms with Gasteiger partial charge in [0.25, 0.3) is 0 Å². The Bertz CT molecular complexity index is 79.6. The van der Waals surface area contributed by atoms with Gasteiger partial charge in [0, 0.05) is 6.04 Å². The monoisotopic (exact) mass is 159 g/mol. The van der Waals surface area contributed by atoms with Crippen molar-refractivity contribution in [2.24, 2.45) is 0 Å². The fraction of sp³-hybridized carbons (Fsp3) is 1.00. The topological polar surface area (TPSA) is 32.3 Å². The Morgan fingerprint density at radius 2 is 2.18 bits per heavy atom. The van der Waals surface area contributed by atoms with E-state index >= 15 is 0 Å². The van der Waals surface area contributed by atoms with Gasteiger partial charge in [0.15, 0.2) is 0 Å². The quantitative estimate of drug-likeness (QED) is 0.640. The first-order valence-corrected chi connectivity index (χ1v) is 4.76. The van der Waals surface area contributed by atoms with E-state index in [9.17, 15) is 5.11 Å². The molecule has 0 saturated carbocycles. The van der Waals surface area contributed by atoms with E-state index in [-0.39, 0.29) is 6.10 Å². The number of rotatable bonds is 2.